The zero-order valence-electron chi connectivity index (χ0n) is 21.4. The molecule has 7 nitrogen and oxygen atoms in total. The van der Waals surface area contributed by atoms with Gasteiger partial charge in [-0.1, -0.05) is 48.5 Å². The molecule has 0 radical (unpaired) electrons. The topological polar surface area (TPSA) is 74.6 Å². The molecule has 0 spiro atoms. The third-order valence-corrected chi connectivity index (χ3v) is 7.52. The number of carbonyl (C=O) groups is 1. The van der Waals surface area contributed by atoms with Crippen LogP contribution in [0.25, 0.3) is 17.2 Å². The number of imidazole rings is 1. The summed E-state index contributed by atoms with van der Waals surface area (Å²) >= 11 is 0. The van der Waals surface area contributed by atoms with E-state index in [1.807, 2.05) is 69.7 Å². The van der Waals surface area contributed by atoms with Gasteiger partial charge in [-0.25, -0.2) is 9.78 Å². The number of rotatable bonds is 6. The largest absolute Gasteiger partial charge is 0.492 e. The number of nitrogens with one attached hydrogen (secondary N) is 1. The zero-order chi connectivity index (χ0) is 25.5. The molecule has 8 heteroatoms. The van der Waals surface area contributed by atoms with E-state index in [1.54, 1.807) is 12.5 Å². The molecule has 2 heterocycles. The molecule has 1 aliphatic heterocycles. The van der Waals surface area contributed by atoms with Gasteiger partial charge in [0, 0.05) is 19.5 Å². The van der Waals surface area contributed by atoms with Crippen LogP contribution >= 0.6 is 0 Å². The van der Waals surface area contributed by atoms with Crippen molar-refractivity contribution in [2.24, 2.45) is 7.05 Å². The second-order valence-electron chi connectivity index (χ2n) is 10.4. The van der Waals surface area contributed by atoms with Gasteiger partial charge in [-0.3, -0.25) is 0 Å². The second kappa shape index (κ2) is 9.26. The van der Waals surface area contributed by atoms with Crippen LogP contribution in [-0.4, -0.2) is 47.1 Å². The lowest BCUT2D eigenvalue weighted by molar-refractivity contribution is 0.00578. The van der Waals surface area contributed by atoms with E-state index >= 15 is 0 Å². The summed E-state index contributed by atoms with van der Waals surface area (Å²) in [4.78, 5) is 17.0. The van der Waals surface area contributed by atoms with E-state index in [-0.39, 0.29) is 19.1 Å². The van der Waals surface area contributed by atoms with Crippen LogP contribution in [0.1, 0.15) is 50.4 Å². The zero-order valence-corrected chi connectivity index (χ0v) is 21.4. The van der Waals surface area contributed by atoms with Gasteiger partial charge in [0.25, 0.3) is 0 Å². The number of aryl methyl sites for hydroxylation is 1. The molecule has 1 amide bonds. The van der Waals surface area contributed by atoms with Gasteiger partial charge in [-0.2, -0.15) is 0 Å². The van der Waals surface area contributed by atoms with Crippen molar-refractivity contribution in [2.45, 2.75) is 44.8 Å². The van der Waals surface area contributed by atoms with Gasteiger partial charge >= 0.3 is 13.2 Å². The normalized spacial score (nSPS) is 18.1. The first-order valence-electron chi connectivity index (χ1n) is 12.3. The molecule has 5 rings (SSSR count). The van der Waals surface area contributed by atoms with Gasteiger partial charge in [0.1, 0.15) is 6.61 Å². The highest BCUT2D eigenvalue weighted by Gasteiger charge is 2.52. The summed E-state index contributed by atoms with van der Waals surface area (Å²) in [6, 6.07) is 16.6. The van der Waals surface area contributed by atoms with Crippen LogP contribution in [0.4, 0.5) is 4.79 Å². The minimum absolute atomic E-state index is 0.00991. The van der Waals surface area contributed by atoms with Gasteiger partial charge in [0.05, 0.1) is 29.4 Å². The Hall–Kier alpha value is -3.36. The van der Waals surface area contributed by atoms with Crippen LogP contribution in [0.3, 0.4) is 0 Å². The molecule has 0 bridgehead atoms. The molecule has 1 fully saturated rings. The maximum absolute atomic E-state index is 12.8. The molecular formula is C28H32BN3O4. The first-order chi connectivity index (χ1) is 17.2. The number of hydrogen-bond acceptors (Lipinski definition) is 5. The van der Waals surface area contributed by atoms with E-state index in [0.29, 0.717) is 0 Å². The van der Waals surface area contributed by atoms with Gasteiger partial charge in [-0.05, 0) is 61.5 Å². The highest BCUT2D eigenvalue weighted by atomic mass is 16.7. The van der Waals surface area contributed by atoms with Crippen LogP contribution < -0.4 is 5.32 Å². The average molecular weight is 485 g/mol. The Balaban J connectivity index is 1.28. The van der Waals surface area contributed by atoms with E-state index < -0.39 is 24.4 Å². The molecule has 36 heavy (non-hydrogen) atoms. The van der Waals surface area contributed by atoms with Crippen LogP contribution in [0.2, 0.25) is 0 Å². The number of nitrogens with zero attached hydrogens (tertiary/aromatic N) is 2. The number of fused-ring (bicyclic) bond motifs is 3. The summed E-state index contributed by atoms with van der Waals surface area (Å²) in [6.07, 6.45) is 4.95. The van der Waals surface area contributed by atoms with Crippen LogP contribution in [0.15, 0.2) is 66.5 Å². The summed E-state index contributed by atoms with van der Waals surface area (Å²) in [7, 11) is 1.32. The minimum Gasteiger partial charge on any atom is -0.449 e. The molecule has 0 saturated carbocycles. The Labute approximate surface area is 212 Å². The van der Waals surface area contributed by atoms with Crippen molar-refractivity contribution in [1.29, 1.82) is 0 Å². The number of aromatic nitrogens is 2. The Bertz CT molecular complexity index is 1250. The predicted molar refractivity (Wildman–Crippen MR) is 140 cm³/mol. The number of amides is 1. The van der Waals surface area contributed by atoms with Crippen molar-refractivity contribution < 1.29 is 18.8 Å². The van der Waals surface area contributed by atoms with Gasteiger partial charge in [-0.15, -0.1) is 0 Å². The highest BCUT2D eigenvalue weighted by molar-refractivity contribution is 6.56. The van der Waals surface area contributed by atoms with Gasteiger partial charge < -0.3 is 23.9 Å². The van der Waals surface area contributed by atoms with Crippen molar-refractivity contribution in [3.05, 3.63) is 83.3 Å². The van der Waals surface area contributed by atoms with Crippen molar-refractivity contribution in [3.63, 3.8) is 0 Å². The molecule has 1 aromatic heterocycles. The lowest BCUT2D eigenvalue weighted by Crippen LogP contribution is -2.41. The van der Waals surface area contributed by atoms with E-state index in [0.717, 1.165) is 11.2 Å². The van der Waals surface area contributed by atoms with Crippen molar-refractivity contribution >= 4 is 19.3 Å². The number of carbonyl (C=O) groups excluding carboxylic acids is 1. The fourth-order valence-electron chi connectivity index (χ4n) is 4.72. The smallest absolute Gasteiger partial charge is 0.449 e. The molecule has 2 aromatic carbocycles. The van der Waals surface area contributed by atoms with E-state index in [1.165, 1.54) is 22.3 Å². The quantitative estimate of drug-likeness (QED) is 0.499. The van der Waals surface area contributed by atoms with E-state index in [4.69, 9.17) is 14.0 Å². The van der Waals surface area contributed by atoms with Gasteiger partial charge in [0.15, 0.2) is 0 Å². The summed E-state index contributed by atoms with van der Waals surface area (Å²) in [6.45, 7) is 8.51. The van der Waals surface area contributed by atoms with Gasteiger partial charge in [0.2, 0.25) is 0 Å². The maximum atomic E-state index is 12.8. The molecule has 186 valence electrons. The fourth-order valence-corrected chi connectivity index (χ4v) is 4.72. The Kier molecular flexibility index (Phi) is 6.26. The van der Waals surface area contributed by atoms with Crippen molar-refractivity contribution in [3.8, 4) is 11.1 Å². The number of ether oxygens (including phenoxy) is 1. The SMILES string of the molecule is Cn1cncc1C=C(CNC(=O)OCC1c2ccccc2-c2ccccc21)B1OC(C)(C)C(C)(C)O1. The second-order valence-corrected chi connectivity index (χ2v) is 10.4. The van der Waals surface area contributed by atoms with Crippen LogP contribution in [0, 0.1) is 0 Å². The summed E-state index contributed by atoms with van der Waals surface area (Å²) in [5, 5.41) is 2.90. The predicted octanol–water partition coefficient (Wildman–Crippen LogP) is 4.97. The molecular weight excluding hydrogens is 453 g/mol. The van der Waals surface area contributed by atoms with Crippen LogP contribution in [-0.2, 0) is 21.1 Å². The first kappa shape index (κ1) is 24.3. The van der Waals surface area contributed by atoms with E-state index in [9.17, 15) is 4.79 Å². The lowest BCUT2D eigenvalue weighted by Gasteiger charge is -2.32. The summed E-state index contributed by atoms with van der Waals surface area (Å²) in [5.74, 6) is 0.00991. The molecule has 0 unspecified atom stereocenters. The fraction of sp³-hybridized carbons (Fsp3) is 0.357. The molecule has 3 aromatic rings. The summed E-state index contributed by atoms with van der Waals surface area (Å²) in [5.41, 5.74) is 5.44. The van der Waals surface area contributed by atoms with Crippen molar-refractivity contribution in [2.75, 3.05) is 13.2 Å². The Morgan fingerprint density at radius 2 is 1.64 bits per heavy atom. The third kappa shape index (κ3) is 4.47. The lowest BCUT2D eigenvalue weighted by atomic mass is 9.77. The molecule has 1 N–H and O–H groups in total. The third-order valence-electron chi connectivity index (χ3n) is 7.52. The summed E-state index contributed by atoms with van der Waals surface area (Å²) < 4.78 is 20.1. The minimum atomic E-state index is -0.598. The highest BCUT2D eigenvalue weighted by Crippen LogP contribution is 2.44. The monoisotopic (exact) mass is 485 g/mol. The van der Waals surface area contributed by atoms with E-state index in [2.05, 4.69) is 34.6 Å². The number of alkyl carbamates (subject to hydrolysis) is 1. The molecule has 1 aliphatic carbocycles. The van der Waals surface area contributed by atoms with Crippen LogP contribution in [0.5, 0.6) is 0 Å². The van der Waals surface area contributed by atoms with Crippen molar-refractivity contribution in [1.82, 2.24) is 14.9 Å². The molecule has 0 atom stereocenters. The average Bonchev–Trinajstić information content (AvgIpc) is 3.46. The standard InChI is InChI=1S/C28H32BN3O4/c1-27(2)28(3,4)36-29(35-27)19(14-20-16-30-18-32(20)5)15-31-26(33)34-17-25-23-12-8-6-10-21(23)22-11-7-9-13-24(22)25/h6-14,16,18,25H,15,17H2,1-5H3,(H,31,33). The molecule has 2 aliphatic rings. The first-order valence-corrected chi connectivity index (χ1v) is 12.3. The number of benzene rings is 2. The maximum Gasteiger partial charge on any atom is 0.492 e. The molecule has 1 saturated heterocycles. The number of hydrogen-bond donors (Lipinski definition) is 1. The Morgan fingerprint density at radius 3 is 2.19 bits per heavy atom. The Morgan fingerprint density at radius 1 is 1.06 bits per heavy atom.